The molecule has 0 spiro atoms. The minimum absolute atomic E-state index is 0.0503. The second-order valence-electron chi connectivity index (χ2n) is 3.64. The van der Waals surface area contributed by atoms with Crippen LogP contribution in [0.4, 0.5) is 5.69 Å². The molecule has 0 saturated carbocycles. The van der Waals surface area contributed by atoms with Gasteiger partial charge in [0.15, 0.2) is 0 Å². The first-order valence-electron chi connectivity index (χ1n) is 5.35. The van der Waals surface area contributed by atoms with Crippen LogP contribution in [0.2, 0.25) is 0 Å². The number of ether oxygens (including phenoxy) is 1. The smallest absolute Gasteiger partial charge is 0.321 e. The molecule has 0 aliphatic heterocycles. The molecule has 0 atom stereocenters. The van der Waals surface area contributed by atoms with E-state index in [1.807, 2.05) is 0 Å². The molecule has 18 heavy (non-hydrogen) atoms. The number of hydrogen-bond acceptors (Lipinski definition) is 5. The quantitative estimate of drug-likeness (QED) is 0.621. The third kappa shape index (κ3) is 3.44. The van der Waals surface area contributed by atoms with Crippen LogP contribution < -0.4 is 5.73 Å². The van der Waals surface area contributed by atoms with Crippen molar-refractivity contribution in [3.63, 3.8) is 0 Å². The number of anilines is 1. The van der Waals surface area contributed by atoms with E-state index in [1.165, 1.54) is 19.2 Å². The number of esters is 1. The average molecular weight is 272 g/mol. The van der Waals surface area contributed by atoms with Gasteiger partial charge in [-0.3, -0.25) is 4.79 Å². The van der Waals surface area contributed by atoms with E-state index in [-0.39, 0.29) is 18.0 Å². The molecule has 0 saturated heterocycles. The van der Waals surface area contributed by atoms with E-state index in [2.05, 4.69) is 0 Å². The highest BCUT2D eigenvalue weighted by atomic mass is 32.2. The summed E-state index contributed by atoms with van der Waals surface area (Å²) in [4.78, 5) is 11.3. The van der Waals surface area contributed by atoms with Crippen LogP contribution in [0.5, 0.6) is 0 Å². The second-order valence-corrected chi connectivity index (χ2v) is 5.68. The molecule has 0 aliphatic rings. The fourth-order valence-electron chi connectivity index (χ4n) is 1.33. The van der Waals surface area contributed by atoms with Gasteiger partial charge in [0.2, 0.25) is 10.0 Å². The summed E-state index contributed by atoms with van der Waals surface area (Å²) in [6.07, 6.45) is 0. The molecule has 0 aromatic heterocycles. The maximum absolute atomic E-state index is 12.1. The highest BCUT2D eigenvalue weighted by Gasteiger charge is 2.23. The fraction of sp³-hybridized carbons (Fsp3) is 0.364. The Morgan fingerprint density at radius 3 is 2.67 bits per heavy atom. The van der Waals surface area contributed by atoms with Gasteiger partial charge in [0.25, 0.3) is 0 Å². The minimum atomic E-state index is -3.72. The number of carbonyl (C=O) groups excluding carboxylic acids is 1. The Balaban J connectivity index is 2.90. The minimum Gasteiger partial charge on any atom is -0.465 e. The monoisotopic (exact) mass is 272 g/mol. The predicted octanol–water partition coefficient (Wildman–Crippen LogP) is 0.452. The highest BCUT2D eigenvalue weighted by Crippen LogP contribution is 2.16. The summed E-state index contributed by atoms with van der Waals surface area (Å²) in [5.74, 6) is -0.590. The van der Waals surface area contributed by atoms with Crippen LogP contribution in [0.3, 0.4) is 0 Å². The zero-order chi connectivity index (χ0) is 13.8. The van der Waals surface area contributed by atoms with Gasteiger partial charge in [-0.15, -0.1) is 0 Å². The summed E-state index contributed by atoms with van der Waals surface area (Å²) in [5.41, 5.74) is 5.88. The molecule has 0 heterocycles. The highest BCUT2D eigenvalue weighted by molar-refractivity contribution is 7.89. The Bertz CT molecular complexity index is 528. The molecule has 0 unspecified atom stereocenters. The largest absolute Gasteiger partial charge is 0.465 e. The lowest BCUT2D eigenvalue weighted by Gasteiger charge is -2.16. The maximum Gasteiger partial charge on any atom is 0.321 e. The van der Waals surface area contributed by atoms with E-state index in [1.54, 1.807) is 19.1 Å². The summed E-state index contributed by atoms with van der Waals surface area (Å²) < 4.78 is 29.8. The van der Waals surface area contributed by atoms with Crippen molar-refractivity contribution in [2.24, 2.45) is 0 Å². The van der Waals surface area contributed by atoms with E-state index >= 15 is 0 Å². The Kier molecular flexibility index (Phi) is 4.69. The van der Waals surface area contributed by atoms with Crippen LogP contribution >= 0.6 is 0 Å². The van der Waals surface area contributed by atoms with Gasteiger partial charge in [-0.05, 0) is 25.1 Å². The number of nitrogens with two attached hydrogens (primary N) is 1. The van der Waals surface area contributed by atoms with Gasteiger partial charge in [0.1, 0.15) is 6.54 Å². The van der Waals surface area contributed by atoms with E-state index in [4.69, 9.17) is 10.5 Å². The number of carbonyl (C=O) groups is 1. The average Bonchev–Trinajstić information content (AvgIpc) is 2.29. The molecule has 0 fully saturated rings. The van der Waals surface area contributed by atoms with Crippen molar-refractivity contribution in [2.75, 3.05) is 25.9 Å². The normalized spacial score (nSPS) is 11.5. The summed E-state index contributed by atoms with van der Waals surface area (Å²) in [6, 6.07) is 5.90. The molecule has 1 aromatic rings. The van der Waals surface area contributed by atoms with Crippen LogP contribution in [0.1, 0.15) is 6.92 Å². The van der Waals surface area contributed by atoms with Crippen LogP contribution in [0, 0.1) is 0 Å². The Labute approximate surface area is 106 Å². The van der Waals surface area contributed by atoms with Crippen molar-refractivity contribution in [1.82, 2.24) is 4.31 Å². The van der Waals surface area contributed by atoms with Crippen LogP contribution in [0.15, 0.2) is 29.2 Å². The molecule has 6 nitrogen and oxygen atoms in total. The third-order valence-electron chi connectivity index (χ3n) is 2.22. The summed E-state index contributed by atoms with van der Waals surface area (Å²) in [6.45, 7) is 1.54. The first kappa shape index (κ1) is 14.5. The standard InChI is InChI=1S/C11H16N2O4S/c1-3-17-11(14)8-13(2)18(15,16)10-6-4-5-9(12)7-10/h4-7H,3,8,12H2,1-2H3. The second kappa shape index (κ2) is 5.83. The zero-order valence-corrected chi connectivity index (χ0v) is 11.1. The number of benzene rings is 1. The van der Waals surface area contributed by atoms with Crippen molar-refractivity contribution in [3.05, 3.63) is 24.3 Å². The molecular weight excluding hydrogens is 256 g/mol. The first-order chi connectivity index (χ1) is 8.37. The van der Waals surface area contributed by atoms with E-state index in [0.29, 0.717) is 5.69 Å². The summed E-state index contributed by atoms with van der Waals surface area (Å²) >= 11 is 0. The van der Waals surface area contributed by atoms with E-state index < -0.39 is 16.0 Å². The van der Waals surface area contributed by atoms with Crippen molar-refractivity contribution in [1.29, 1.82) is 0 Å². The van der Waals surface area contributed by atoms with E-state index in [9.17, 15) is 13.2 Å². The Morgan fingerprint density at radius 1 is 1.44 bits per heavy atom. The third-order valence-corrected chi connectivity index (χ3v) is 4.02. The van der Waals surface area contributed by atoms with Gasteiger partial charge in [-0.2, -0.15) is 4.31 Å². The van der Waals surface area contributed by atoms with Crippen molar-refractivity contribution >= 4 is 21.7 Å². The molecule has 0 aliphatic carbocycles. The Hall–Kier alpha value is -1.60. The number of rotatable bonds is 5. The summed E-state index contributed by atoms with van der Waals surface area (Å²) in [7, 11) is -2.41. The molecule has 0 bridgehead atoms. The topological polar surface area (TPSA) is 89.7 Å². The number of sulfonamides is 1. The Morgan fingerprint density at radius 2 is 2.11 bits per heavy atom. The lowest BCUT2D eigenvalue weighted by Crippen LogP contribution is -2.33. The molecule has 2 N–H and O–H groups in total. The van der Waals surface area contributed by atoms with Crippen LogP contribution in [-0.2, 0) is 19.6 Å². The molecule has 1 rings (SSSR count). The van der Waals surface area contributed by atoms with Crippen molar-refractivity contribution in [3.8, 4) is 0 Å². The number of hydrogen-bond donors (Lipinski definition) is 1. The van der Waals surface area contributed by atoms with Crippen molar-refractivity contribution in [2.45, 2.75) is 11.8 Å². The molecule has 7 heteroatoms. The molecule has 0 radical (unpaired) electrons. The van der Waals surface area contributed by atoms with Crippen molar-refractivity contribution < 1.29 is 17.9 Å². The molecule has 100 valence electrons. The molecule has 0 amide bonds. The number of nitrogens with zero attached hydrogens (tertiary/aromatic N) is 1. The van der Waals surface area contributed by atoms with Gasteiger partial charge in [-0.25, -0.2) is 8.42 Å². The lowest BCUT2D eigenvalue weighted by atomic mass is 10.3. The summed E-state index contributed by atoms with van der Waals surface area (Å²) in [5, 5.41) is 0. The van der Waals surface area contributed by atoms with Gasteiger partial charge < -0.3 is 10.5 Å². The molecule has 1 aromatic carbocycles. The molecular formula is C11H16N2O4S. The van der Waals surface area contributed by atoms with Gasteiger partial charge in [0.05, 0.1) is 11.5 Å². The maximum atomic E-state index is 12.1. The van der Waals surface area contributed by atoms with Crippen LogP contribution in [-0.4, -0.2) is 38.9 Å². The van der Waals surface area contributed by atoms with Gasteiger partial charge in [-0.1, -0.05) is 6.07 Å². The SMILES string of the molecule is CCOC(=O)CN(C)S(=O)(=O)c1cccc(N)c1. The number of likely N-dealkylation sites (N-methyl/N-ethyl adjacent to an activating group) is 1. The van der Waals surface area contributed by atoms with Gasteiger partial charge >= 0.3 is 5.97 Å². The van der Waals surface area contributed by atoms with E-state index in [0.717, 1.165) is 4.31 Å². The zero-order valence-electron chi connectivity index (χ0n) is 10.3. The predicted molar refractivity (Wildman–Crippen MR) is 67.3 cm³/mol. The lowest BCUT2D eigenvalue weighted by molar-refractivity contribution is -0.143. The van der Waals surface area contributed by atoms with Gasteiger partial charge in [0, 0.05) is 12.7 Å². The van der Waals surface area contributed by atoms with Crippen LogP contribution in [0.25, 0.3) is 0 Å². The number of nitrogen functional groups attached to an aromatic ring is 1. The fourth-order valence-corrected chi connectivity index (χ4v) is 2.50. The first-order valence-corrected chi connectivity index (χ1v) is 6.79.